The van der Waals surface area contributed by atoms with Gasteiger partial charge < -0.3 is 5.73 Å². The van der Waals surface area contributed by atoms with E-state index in [4.69, 9.17) is 5.73 Å². The molecule has 0 amide bonds. The maximum absolute atomic E-state index is 4.71. The molecule has 124 valence electrons. The molecule has 0 aliphatic rings. The van der Waals surface area contributed by atoms with Crippen molar-refractivity contribution in [2.45, 2.75) is 89.1 Å². The second-order valence-electron chi connectivity index (χ2n) is 6.10. The molecule has 0 aromatic rings. The molecule has 0 aliphatic carbocycles. The Balaban J connectivity index is 0. The average molecular weight is 385 g/mol. The first-order valence-electron chi connectivity index (χ1n) is 8.99. The molecule has 1 nitrogen and oxygen atoms in total. The zero-order valence-corrected chi connectivity index (χ0v) is 19.5. The quantitative estimate of drug-likeness (QED) is 0.228. The molecule has 0 radical (unpaired) electrons. The predicted molar refractivity (Wildman–Crippen MR) is 102 cm³/mol. The SMILES string of the molecule is CCCCC(CC)[CH2][Zn][CH2]C(CC)CCCC.NC(=S)S. The monoisotopic (exact) mass is 383 g/mol. The van der Waals surface area contributed by atoms with Crippen LogP contribution in [0, 0.1) is 11.8 Å². The molecule has 4 heteroatoms. The Hall–Kier alpha value is 0.863. The summed E-state index contributed by atoms with van der Waals surface area (Å²) in [5.41, 5.74) is 4.71. The zero-order chi connectivity index (χ0) is 16.5. The van der Waals surface area contributed by atoms with Crippen LogP contribution in [0.25, 0.3) is 0 Å². The van der Waals surface area contributed by atoms with Gasteiger partial charge >= 0.3 is 118 Å². The molecular formula is C17H37NS2Zn. The number of hydrogen-bond acceptors (Lipinski definition) is 1. The summed E-state index contributed by atoms with van der Waals surface area (Å²) in [7, 11) is 0. The summed E-state index contributed by atoms with van der Waals surface area (Å²) in [5.74, 6) is 2.19. The molecule has 0 aliphatic heterocycles. The summed E-state index contributed by atoms with van der Waals surface area (Å²) in [5, 5.41) is 3.35. The maximum Gasteiger partial charge on any atom is 0.128 e. The second-order valence-corrected chi connectivity index (χ2v) is 11.2. The van der Waals surface area contributed by atoms with Crippen LogP contribution < -0.4 is 5.73 Å². The third-order valence-electron chi connectivity index (χ3n) is 4.31. The first-order chi connectivity index (χ1) is 10.0. The molecule has 21 heavy (non-hydrogen) atoms. The van der Waals surface area contributed by atoms with Crippen LogP contribution in [0.3, 0.4) is 0 Å². The van der Waals surface area contributed by atoms with Gasteiger partial charge in [0.2, 0.25) is 0 Å². The van der Waals surface area contributed by atoms with Crippen molar-refractivity contribution in [3.63, 3.8) is 0 Å². The summed E-state index contributed by atoms with van der Waals surface area (Å²) in [6.45, 7) is 9.45. The summed E-state index contributed by atoms with van der Waals surface area (Å²) in [6.07, 6.45) is 11.6. The van der Waals surface area contributed by atoms with Gasteiger partial charge in [0.1, 0.15) is 4.32 Å². The van der Waals surface area contributed by atoms with Crippen LogP contribution in [0.4, 0.5) is 0 Å². The molecule has 0 aromatic carbocycles. The number of thiol groups is 1. The fourth-order valence-electron chi connectivity index (χ4n) is 2.79. The Morgan fingerprint density at radius 2 is 1.29 bits per heavy atom. The van der Waals surface area contributed by atoms with Crippen molar-refractivity contribution in [2.75, 3.05) is 0 Å². The Morgan fingerprint density at radius 1 is 0.952 bits per heavy atom. The Morgan fingerprint density at radius 3 is 1.52 bits per heavy atom. The number of rotatable bonds is 12. The molecule has 2 unspecified atom stereocenters. The minimum atomic E-state index is -0.195. The third-order valence-corrected chi connectivity index (χ3v) is 9.45. The Kier molecular flexibility index (Phi) is 21.7. The van der Waals surface area contributed by atoms with Crippen LogP contribution in [0.5, 0.6) is 0 Å². The Labute approximate surface area is 152 Å². The molecule has 0 aromatic heterocycles. The summed E-state index contributed by atoms with van der Waals surface area (Å²) >= 11 is 7.46. The molecule has 0 bridgehead atoms. The van der Waals surface area contributed by atoms with Crippen LogP contribution in [0.2, 0.25) is 10.0 Å². The van der Waals surface area contributed by atoms with E-state index in [0.29, 0.717) is 0 Å². The summed E-state index contributed by atoms with van der Waals surface area (Å²) < 4.78 is 0.194. The topological polar surface area (TPSA) is 26.0 Å². The molecular weight excluding hydrogens is 348 g/mol. The molecule has 0 saturated heterocycles. The fourth-order valence-corrected chi connectivity index (χ4v) is 8.63. The van der Waals surface area contributed by atoms with Gasteiger partial charge in [-0.05, 0) is 0 Å². The van der Waals surface area contributed by atoms with Gasteiger partial charge in [-0.3, -0.25) is 0 Å². The van der Waals surface area contributed by atoms with Gasteiger partial charge in [-0.1, -0.05) is 12.2 Å². The van der Waals surface area contributed by atoms with Crippen molar-refractivity contribution in [2.24, 2.45) is 17.6 Å². The van der Waals surface area contributed by atoms with E-state index in [1.54, 1.807) is 10.0 Å². The van der Waals surface area contributed by atoms with Crippen LogP contribution in [-0.2, 0) is 17.1 Å². The minimum absolute atomic E-state index is 0.194. The smallest absolute Gasteiger partial charge is 0.128 e. The van der Waals surface area contributed by atoms with Crippen LogP contribution >= 0.6 is 24.8 Å². The molecule has 0 saturated carbocycles. The van der Waals surface area contributed by atoms with Gasteiger partial charge in [-0.15, -0.1) is 12.6 Å². The van der Waals surface area contributed by atoms with Crippen LogP contribution in [0.1, 0.15) is 79.1 Å². The number of hydrogen-bond donors (Lipinski definition) is 2. The average Bonchev–Trinajstić information content (AvgIpc) is 2.45. The Bertz CT molecular complexity index is 205. The van der Waals surface area contributed by atoms with Crippen molar-refractivity contribution < 1.29 is 17.1 Å². The molecule has 0 spiro atoms. The standard InChI is InChI=1S/2C8H17.CH3NS2.Zn/c2*1-4-6-7-8(3)5-2;2-1(3)4;/h2*8H,3-7H2,1-2H3;(H3,2,3,4);. The van der Waals surface area contributed by atoms with Gasteiger partial charge in [0.05, 0.1) is 0 Å². The largest absolute Gasteiger partial charge is 0.385 e. The van der Waals surface area contributed by atoms with Gasteiger partial charge in [0.15, 0.2) is 0 Å². The first-order valence-corrected chi connectivity index (χ1v) is 14.0. The van der Waals surface area contributed by atoms with Gasteiger partial charge in [-0.2, -0.15) is 0 Å². The summed E-state index contributed by atoms with van der Waals surface area (Å²) in [6, 6.07) is 0. The predicted octanol–water partition coefficient (Wildman–Crippen LogP) is 6.50. The van der Waals surface area contributed by atoms with Gasteiger partial charge in [0.25, 0.3) is 0 Å². The van der Waals surface area contributed by atoms with Gasteiger partial charge in [-0.25, -0.2) is 0 Å². The first kappa shape index (κ1) is 24.1. The normalized spacial score (nSPS) is 12.8. The molecule has 0 heterocycles. The van der Waals surface area contributed by atoms with Crippen molar-refractivity contribution >= 4 is 29.2 Å². The zero-order valence-electron chi connectivity index (χ0n) is 14.9. The van der Waals surface area contributed by atoms with E-state index in [9.17, 15) is 0 Å². The van der Waals surface area contributed by atoms with E-state index in [1.807, 2.05) is 0 Å². The molecule has 0 rings (SSSR count). The van der Waals surface area contributed by atoms with E-state index < -0.39 is 0 Å². The van der Waals surface area contributed by atoms with E-state index in [1.165, 1.54) is 51.4 Å². The van der Waals surface area contributed by atoms with Crippen LogP contribution in [-0.4, -0.2) is 4.32 Å². The summed E-state index contributed by atoms with van der Waals surface area (Å²) in [4.78, 5) is 0. The fraction of sp³-hybridized carbons (Fsp3) is 0.941. The molecule has 0 fully saturated rings. The van der Waals surface area contributed by atoms with E-state index >= 15 is 0 Å². The molecule has 2 atom stereocenters. The van der Waals surface area contributed by atoms with E-state index in [0.717, 1.165) is 11.8 Å². The maximum atomic E-state index is 4.71. The number of unbranched alkanes of at least 4 members (excludes halogenated alkanes) is 2. The van der Waals surface area contributed by atoms with Crippen LogP contribution in [0.15, 0.2) is 0 Å². The second kappa shape index (κ2) is 18.9. The van der Waals surface area contributed by atoms with Crippen molar-refractivity contribution in [1.29, 1.82) is 0 Å². The minimum Gasteiger partial charge on any atom is -0.385 e. The third kappa shape index (κ3) is 20.9. The number of nitrogens with two attached hydrogens (primary N) is 1. The van der Waals surface area contributed by atoms with E-state index in [2.05, 4.69) is 52.5 Å². The molecule has 2 N–H and O–H groups in total. The van der Waals surface area contributed by atoms with E-state index in [-0.39, 0.29) is 21.4 Å². The van der Waals surface area contributed by atoms with Crippen molar-refractivity contribution in [3.8, 4) is 0 Å². The van der Waals surface area contributed by atoms with Crippen molar-refractivity contribution in [3.05, 3.63) is 0 Å². The van der Waals surface area contributed by atoms with Gasteiger partial charge in [0, 0.05) is 0 Å². The van der Waals surface area contributed by atoms with Crippen molar-refractivity contribution in [1.82, 2.24) is 0 Å². The number of thiocarbonyl (C=S) groups is 1.